The third-order valence-electron chi connectivity index (χ3n) is 4.51. The van der Waals surface area contributed by atoms with Crippen LogP contribution < -0.4 is 9.47 Å². The molecule has 1 saturated heterocycles. The molecule has 114 valence electrons. The lowest BCUT2D eigenvalue weighted by Crippen LogP contribution is -2.23. The van der Waals surface area contributed by atoms with Crippen LogP contribution >= 0.6 is 0 Å². The SMILES string of the molecule is c1ccc2c(c1)Oc1ccccc1C(CCN1CCCC1)O2. The fraction of sp³-hybridized carbons (Fsp3) is 0.368. The minimum Gasteiger partial charge on any atom is -0.482 e. The van der Waals surface area contributed by atoms with Gasteiger partial charge in [0.05, 0.1) is 0 Å². The molecule has 0 saturated carbocycles. The van der Waals surface area contributed by atoms with Crippen LogP contribution in [0.25, 0.3) is 0 Å². The van der Waals surface area contributed by atoms with Gasteiger partial charge in [-0.15, -0.1) is 0 Å². The van der Waals surface area contributed by atoms with Crippen molar-refractivity contribution in [3.8, 4) is 17.2 Å². The molecule has 0 spiro atoms. The highest BCUT2D eigenvalue weighted by atomic mass is 16.5. The van der Waals surface area contributed by atoms with E-state index in [4.69, 9.17) is 9.47 Å². The zero-order valence-electron chi connectivity index (χ0n) is 12.7. The van der Waals surface area contributed by atoms with Crippen molar-refractivity contribution < 1.29 is 9.47 Å². The first kappa shape index (κ1) is 13.6. The molecule has 0 amide bonds. The van der Waals surface area contributed by atoms with Crippen LogP contribution in [0.5, 0.6) is 17.2 Å². The van der Waals surface area contributed by atoms with Crippen LogP contribution in [-0.2, 0) is 0 Å². The molecule has 1 fully saturated rings. The Labute approximate surface area is 131 Å². The quantitative estimate of drug-likeness (QED) is 0.838. The summed E-state index contributed by atoms with van der Waals surface area (Å²) >= 11 is 0. The van der Waals surface area contributed by atoms with Crippen molar-refractivity contribution in [2.75, 3.05) is 19.6 Å². The first-order chi connectivity index (χ1) is 10.9. The van der Waals surface area contributed by atoms with E-state index in [1.807, 2.05) is 36.4 Å². The summed E-state index contributed by atoms with van der Waals surface area (Å²) in [6.45, 7) is 3.53. The van der Waals surface area contributed by atoms with Gasteiger partial charge in [0.15, 0.2) is 11.5 Å². The summed E-state index contributed by atoms with van der Waals surface area (Å²) in [6, 6.07) is 16.2. The van der Waals surface area contributed by atoms with Gasteiger partial charge in [0.2, 0.25) is 0 Å². The third kappa shape index (κ3) is 2.69. The first-order valence-electron chi connectivity index (χ1n) is 8.15. The summed E-state index contributed by atoms with van der Waals surface area (Å²) < 4.78 is 12.4. The number of ether oxygens (including phenoxy) is 2. The lowest BCUT2D eigenvalue weighted by atomic mass is 10.1. The molecule has 2 aromatic carbocycles. The van der Waals surface area contributed by atoms with Gasteiger partial charge in [-0.05, 0) is 44.1 Å². The molecule has 1 atom stereocenters. The molecule has 3 heteroatoms. The van der Waals surface area contributed by atoms with Crippen LogP contribution in [0.15, 0.2) is 48.5 Å². The molecule has 22 heavy (non-hydrogen) atoms. The van der Waals surface area contributed by atoms with E-state index in [1.54, 1.807) is 0 Å². The maximum Gasteiger partial charge on any atom is 0.169 e. The zero-order chi connectivity index (χ0) is 14.8. The predicted molar refractivity (Wildman–Crippen MR) is 86.6 cm³/mol. The molecule has 2 aliphatic heterocycles. The molecule has 2 aliphatic rings. The van der Waals surface area contributed by atoms with E-state index in [-0.39, 0.29) is 6.10 Å². The van der Waals surface area contributed by atoms with Crippen LogP contribution in [0.3, 0.4) is 0 Å². The van der Waals surface area contributed by atoms with E-state index >= 15 is 0 Å². The number of hydrogen-bond donors (Lipinski definition) is 0. The highest BCUT2D eigenvalue weighted by molar-refractivity contribution is 5.48. The van der Waals surface area contributed by atoms with Gasteiger partial charge in [0, 0.05) is 18.5 Å². The smallest absolute Gasteiger partial charge is 0.169 e. The fourth-order valence-corrected chi connectivity index (χ4v) is 3.33. The Morgan fingerprint density at radius 3 is 2.36 bits per heavy atom. The summed E-state index contributed by atoms with van der Waals surface area (Å²) in [7, 11) is 0. The number of nitrogens with zero attached hydrogens (tertiary/aromatic N) is 1. The molecule has 0 bridgehead atoms. The zero-order valence-corrected chi connectivity index (χ0v) is 12.7. The van der Waals surface area contributed by atoms with E-state index in [9.17, 15) is 0 Å². The summed E-state index contributed by atoms with van der Waals surface area (Å²) in [5.41, 5.74) is 1.15. The second kappa shape index (κ2) is 6.01. The number of rotatable bonds is 3. The lowest BCUT2D eigenvalue weighted by Gasteiger charge is -2.21. The van der Waals surface area contributed by atoms with Crippen molar-refractivity contribution in [2.45, 2.75) is 25.4 Å². The highest BCUT2D eigenvalue weighted by Gasteiger charge is 2.25. The second-order valence-electron chi connectivity index (χ2n) is 6.03. The van der Waals surface area contributed by atoms with Gasteiger partial charge in [-0.1, -0.05) is 30.3 Å². The van der Waals surface area contributed by atoms with Crippen molar-refractivity contribution >= 4 is 0 Å². The minimum atomic E-state index is 0.0560. The van der Waals surface area contributed by atoms with Crippen molar-refractivity contribution in [1.82, 2.24) is 4.90 Å². The van der Waals surface area contributed by atoms with Crippen molar-refractivity contribution in [3.63, 3.8) is 0 Å². The average Bonchev–Trinajstić information content (AvgIpc) is 3.01. The van der Waals surface area contributed by atoms with E-state index in [0.717, 1.165) is 35.8 Å². The van der Waals surface area contributed by atoms with Crippen LogP contribution in [-0.4, -0.2) is 24.5 Å². The Hall–Kier alpha value is -2.00. The summed E-state index contributed by atoms with van der Waals surface area (Å²) in [5.74, 6) is 2.56. The Bertz CT molecular complexity index is 649. The van der Waals surface area contributed by atoms with Gasteiger partial charge in [-0.25, -0.2) is 0 Å². The van der Waals surface area contributed by atoms with Gasteiger partial charge in [-0.3, -0.25) is 0 Å². The Morgan fingerprint density at radius 1 is 0.864 bits per heavy atom. The summed E-state index contributed by atoms with van der Waals surface area (Å²) in [5, 5.41) is 0. The highest BCUT2D eigenvalue weighted by Crippen LogP contribution is 2.42. The van der Waals surface area contributed by atoms with Gasteiger partial charge in [0.25, 0.3) is 0 Å². The Balaban J connectivity index is 1.61. The maximum absolute atomic E-state index is 6.29. The molecule has 0 aliphatic carbocycles. The summed E-state index contributed by atoms with van der Waals surface area (Å²) in [4.78, 5) is 2.53. The monoisotopic (exact) mass is 295 g/mol. The summed E-state index contributed by atoms with van der Waals surface area (Å²) in [6.07, 6.45) is 3.71. The molecule has 0 radical (unpaired) electrons. The lowest BCUT2D eigenvalue weighted by molar-refractivity contribution is 0.175. The third-order valence-corrected chi connectivity index (χ3v) is 4.51. The predicted octanol–water partition coefficient (Wildman–Crippen LogP) is 4.40. The van der Waals surface area contributed by atoms with Crippen molar-refractivity contribution in [1.29, 1.82) is 0 Å². The van der Waals surface area contributed by atoms with E-state index in [1.165, 1.54) is 25.9 Å². The number of fused-ring (bicyclic) bond motifs is 2. The molecule has 0 aromatic heterocycles. The largest absolute Gasteiger partial charge is 0.482 e. The Kier molecular flexibility index (Phi) is 3.73. The van der Waals surface area contributed by atoms with Crippen LogP contribution in [0, 0.1) is 0 Å². The van der Waals surface area contributed by atoms with Gasteiger partial charge in [0.1, 0.15) is 11.9 Å². The molecular weight excluding hydrogens is 274 g/mol. The second-order valence-corrected chi connectivity index (χ2v) is 6.03. The average molecular weight is 295 g/mol. The number of para-hydroxylation sites is 3. The van der Waals surface area contributed by atoms with Crippen LogP contribution in [0.4, 0.5) is 0 Å². The molecule has 2 heterocycles. The molecule has 0 N–H and O–H groups in total. The molecular formula is C19H21NO2. The minimum absolute atomic E-state index is 0.0560. The Morgan fingerprint density at radius 2 is 1.55 bits per heavy atom. The van der Waals surface area contributed by atoms with Crippen molar-refractivity contribution in [3.05, 3.63) is 54.1 Å². The topological polar surface area (TPSA) is 21.7 Å². The normalized spacial score (nSPS) is 20.5. The van der Waals surface area contributed by atoms with E-state index < -0.39 is 0 Å². The number of likely N-dealkylation sites (tertiary alicyclic amines) is 1. The van der Waals surface area contributed by atoms with Gasteiger partial charge < -0.3 is 14.4 Å². The first-order valence-corrected chi connectivity index (χ1v) is 8.15. The van der Waals surface area contributed by atoms with Gasteiger partial charge in [-0.2, -0.15) is 0 Å². The van der Waals surface area contributed by atoms with Crippen LogP contribution in [0.1, 0.15) is 30.9 Å². The molecule has 1 unspecified atom stereocenters. The van der Waals surface area contributed by atoms with Crippen molar-refractivity contribution in [2.24, 2.45) is 0 Å². The standard InChI is InChI=1S/C19H21NO2/c1-2-8-16-15(7-1)17(11-14-20-12-5-6-13-20)22-19-10-4-3-9-18(19)21-16/h1-4,7-10,17H,5-6,11-14H2. The van der Waals surface area contributed by atoms with E-state index in [2.05, 4.69) is 17.0 Å². The van der Waals surface area contributed by atoms with E-state index in [0.29, 0.717) is 0 Å². The molecule has 4 rings (SSSR count). The number of hydrogen-bond acceptors (Lipinski definition) is 3. The maximum atomic E-state index is 6.29. The number of benzene rings is 2. The van der Waals surface area contributed by atoms with Crippen LogP contribution in [0.2, 0.25) is 0 Å². The molecule has 2 aromatic rings. The molecule has 3 nitrogen and oxygen atoms in total. The van der Waals surface area contributed by atoms with Gasteiger partial charge >= 0.3 is 0 Å². The fourth-order valence-electron chi connectivity index (χ4n) is 3.33.